The van der Waals surface area contributed by atoms with Crippen LogP contribution in [0.5, 0.6) is 0 Å². The molecule has 1 fully saturated rings. The summed E-state index contributed by atoms with van der Waals surface area (Å²) in [4.78, 5) is 12.0. The quantitative estimate of drug-likeness (QED) is 0.887. The molecule has 1 N–H and O–H groups in total. The molecule has 1 amide bonds. The van der Waals surface area contributed by atoms with Crippen LogP contribution in [0.4, 0.5) is 0 Å². The molecule has 1 aliphatic heterocycles. The van der Waals surface area contributed by atoms with E-state index in [1.807, 2.05) is 36.4 Å². The predicted molar refractivity (Wildman–Crippen MR) is 83.4 cm³/mol. The maximum absolute atomic E-state index is 12.0. The van der Waals surface area contributed by atoms with E-state index in [9.17, 15) is 4.79 Å². The molecule has 1 saturated heterocycles. The van der Waals surface area contributed by atoms with Crippen molar-refractivity contribution in [1.29, 1.82) is 0 Å². The SMILES string of the molecule is CC1(c2ccccc2Br)CC(=O)NC1c1ccccc1. The van der Waals surface area contributed by atoms with Crippen molar-refractivity contribution in [2.75, 3.05) is 0 Å². The molecular formula is C17H16BrNO. The van der Waals surface area contributed by atoms with E-state index in [1.54, 1.807) is 0 Å². The van der Waals surface area contributed by atoms with E-state index in [1.165, 1.54) is 5.56 Å². The second-order valence-corrected chi connectivity index (χ2v) is 6.34. The van der Waals surface area contributed by atoms with E-state index in [0.717, 1.165) is 10.0 Å². The zero-order valence-electron chi connectivity index (χ0n) is 11.3. The van der Waals surface area contributed by atoms with Crippen LogP contribution in [0.2, 0.25) is 0 Å². The van der Waals surface area contributed by atoms with Gasteiger partial charge in [0.15, 0.2) is 0 Å². The molecule has 0 aromatic heterocycles. The second kappa shape index (κ2) is 5.06. The molecule has 2 nitrogen and oxygen atoms in total. The first-order chi connectivity index (χ1) is 9.61. The Hall–Kier alpha value is -1.61. The average molecular weight is 330 g/mol. The first kappa shape index (κ1) is 13.4. The Morgan fingerprint density at radius 3 is 2.45 bits per heavy atom. The Kier molecular flexibility index (Phi) is 3.38. The minimum Gasteiger partial charge on any atom is -0.348 e. The maximum Gasteiger partial charge on any atom is 0.221 e. The van der Waals surface area contributed by atoms with Crippen molar-refractivity contribution in [2.24, 2.45) is 0 Å². The summed E-state index contributed by atoms with van der Waals surface area (Å²) in [5.41, 5.74) is 2.09. The number of hydrogen-bond donors (Lipinski definition) is 1. The molecule has 102 valence electrons. The molecule has 0 aliphatic carbocycles. The lowest BCUT2D eigenvalue weighted by molar-refractivity contribution is -0.119. The minimum atomic E-state index is -0.238. The summed E-state index contributed by atoms with van der Waals surface area (Å²) in [6, 6.07) is 18.3. The van der Waals surface area contributed by atoms with Gasteiger partial charge in [0.25, 0.3) is 0 Å². The van der Waals surface area contributed by atoms with E-state index in [-0.39, 0.29) is 17.4 Å². The van der Waals surface area contributed by atoms with Crippen LogP contribution >= 0.6 is 15.9 Å². The van der Waals surface area contributed by atoms with Crippen LogP contribution in [0.15, 0.2) is 59.1 Å². The second-order valence-electron chi connectivity index (χ2n) is 5.49. The van der Waals surface area contributed by atoms with Crippen molar-refractivity contribution in [3.63, 3.8) is 0 Å². The van der Waals surface area contributed by atoms with Gasteiger partial charge in [-0.3, -0.25) is 4.79 Å². The Bertz CT molecular complexity index is 640. The molecule has 3 rings (SSSR count). The van der Waals surface area contributed by atoms with Crippen molar-refractivity contribution in [3.8, 4) is 0 Å². The van der Waals surface area contributed by atoms with E-state index in [0.29, 0.717) is 6.42 Å². The van der Waals surface area contributed by atoms with Crippen molar-refractivity contribution in [2.45, 2.75) is 24.8 Å². The van der Waals surface area contributed by atoms with Crippen molar-refractivity contribution >= 4 is 21.8 Å². The number of benzene rings is 2. The molecule has 2 unspecified atom stereocenters. The largest absolute Gasteiger partial charge is 0.348 e. The highest BCUT2D eigenvalue weighted by molar-refractivity contribution is 9.10. The van der Waals surface area contributed by atoms with Crippen LogP contribution < -0.4 is 5.32 Å². The number of halogens is 1. The van der Waals surface area contributed by atoms with Gasteiger partial charge in [0, 0.05) is 16.3 Å². The third-order valence-electron chi connectivity index (χ3n) is 4.09. The topological polar surface area (TPSA) is 29.1 Å². The third-order valence-corrected chi connectivity index (χ3v) is 4.78. The number of rotatable bonds is 2. The normalized spacial score (nSPS) is 25.5. The highest BCUT2D eigenvalue weighted by atomic mass is 79.9. The summed E-state index contributed by atoms with van der Waals surface area (Å²) in [5, 5.41) is 3.13. The van der Waals surface area contributed by atoms with Crippen molar-refractivity contribution < 1.29 is 4.79 Å². The minimum absolute atomic E-state index is 0.00917. The molecule has 2 atom stereocenters. The highest BCUT2D eigenvalue weighted by Gasteiger charge is 2.45. The maximum atomic E-state index is 12.0. The van der Waals surface area contributed by atoms with Gasteiger partial charge in [-0.1, -0.05) is 71.4 Å². The number of carbonyl (C=O) groups is 1. The zero-order valence-corrected chi connectivity index (χ0v) is 12.9. The summed E-state index contributed by atoms with van der Waals surface area (Å²) in [5.74, 6) is 0.108. The molecule has 2 aromatic rings. The predicted octanol–water partition coefficient (Wildman–Crippen LogP) is 3.97. The van der Waals surface area contributed by atoms with Crippen LogP contribution in [0, 0.1) is 0 Å². The molecule has 2 aromatic carbocycles. The third kappa shape index (κ3) is 2.16. The molecule has 0 radical (unpaired) electrons. The van der Waals surface area contributed by atoms with Crippen LogP contribution in [0.1, 0.15) is 30.5 Å². The van der Waals surface area contributed by atoms with Crippen LogP contribution in [-0.4, -0.2) is 5.91 Å². The van der Waals surface area contributed by atoms with Gasteiger partial charge in [-0.25, -0.2) is 0 Å². The highest BCUT2D eigenvalue weighted by Crippen LogP contribution is 2.46. The Balaban J connectivity index is 2.10. The lowest BCUT2D eigenvalue weighted by atomic mass is 9.73. The molecule has 0 saturated carbocycles. The number of nitrogens with one attached hydrogen (secondary N) is 1. The van der Waals surface area contributed by atoms with E-state index in [4.69, 9.17) is 0 Å². The molecular weight excluding hydrogens is 314 g/mol. The average Bonchev–Trinajstić information content (AvgIpc) is 2.76. The molecule has 20 heavy (non-hydrogen) atoms. The molecule has 0 bridgehead atoms. The fraction of sp³-hybridized carbons (Fsp3) is 0.235. The molecule has 1 aliphatic rings. The van der Waals surface area contributed by atoms with E-state index in [2.05, 4.69) is 46.4 Å². The molecule has 3 heteroatoms. The summed E-state index contributed by atoms with van der Waals surface area (Å²) in [6.07, 6.45) is 0.509. The van der Waals surface area contributed by atoms with Gasteiger partial charge in [-0.05, 0) is 17.2 Å². The number of carbonyl (C=O) groups excluding carboxylic acids is 1. The van der Waals surface area contributed by atoms with Gasteiger partial charge < -0.3 is 5.32 Å². The summed E-state index contributed by atoms with van der Waals surface area (Å²) >= 11 is 3.62. The fourth-order valence-electron chi connectivity index (χ4n) is 3.08. The van der Waals surface area contributed by atoms with Crippen molar-refractivity contribution in [1.82, 2.24) is 5.32 Å². The lowest BCUT2D eigenvalue weighted by Crippen LogP contribution is -2.30. The van der Waals surface area contributed by atoms with Crippen molar-refractivity contribution in [3.05, 3.63) is 70.2 Å². The Morgan fingerprint density at radius 1 is 1.10 bits per heavy atom. The fourth-order valence-corrected chi connectivity index (χ4v) is 3.82. The first-order valence-corrected chi connectivity index (χ1v) is 7.50. The standard InChI is InChI=1S/C17H16BrNO/c1-17(13-9-5-6-10-14(13)18)11-15(20)19-16(17)12-7-3-2-4-8-12/h2-10,16H,11H2,1H3,(H,19,20). The van der Waals surface area contributed by atoms with Gasteiger partial charge in [-0.2, -0.15) is 0 Å². The monoisotopic (exact) mass is 329 g/mol. The molecule has 0 spiro atoms. The summed E-state index contributed by atoms with van der Waals surface area (Å²) in [6.45, 7) is 2.16. The van der Waals surface area contributed by atoms with Gasteiger partial charge in [0.2, 0.25) is 5.91 Å². The Morgan fingerprint density at radius 2 is 1.75 bits per heavy atom. The first-order valence-electron chi connectivity index (χ1n) is 6.70. The van der Waals surface area contributed by atoms with Gasteiger partial charge in [0.1, 0.15) is 0 Å². The van der Waals surface area contributed by atoms with Gasteiger partial charge >= 0.3 is 0 Å². The van der Waals surface area contributed by atoms with Gasteiger partial charge in [0.05, 0.1) is 6.04 Å². The Labute approximate surface area is 127 Å². The van der Waals surface area contributed by atoms with Crippen LogP contribution in [0.3, 0.4) is 0 Å². The number of hydrogen-bond acceptors (Lipinski definition) is 1. The summed E-state index contributed by atoms with van der Waals surface area (Å²) < 4.78 is 1.06. The molecule has 1 heterocycles. The number of amides is 1. The van der Waals surface area contributed by atoms with E-state index >= 15 is 0 Å². The summed E-state index contributed by atoms with van der Waals surface area (Å²) in [7, 11) is 0. The van der Waals surface area contributed by atoms with Gasteiger partial charge in [-0.15, -0.1) is 0 Å². The van der Waals surface area contributed by atoms with E-state index < -0.39 is 0 Å². The lowest BCUT2D eigenvalue weighted by Gasteiger charge is -2.32. The van der Waals surface area contributed by atoms with Crippen LogP contribution in [0.25, 0.3) is 0 Å². The van der Waals surface area contributed by atoms with Crippen LogP contribution in [-0.2, 0) is 10.2 Å². The smallest absolute Gasteiger partial charge is 0.221 e. The zero-order chi connectivity index (χ0) is 14.2.